The normalized spacial score (nSPS) is 15.1. The van der Waals surface area contributed by atoms with E-state index in [-0.39, 0.29) is 5.75 Å². The number of rotatable bonds is 7. The topological polar surface area (TPSA) is 64.8 Å². The molecule has 6 nitrogen and oxygen atoms in total. The van der Waals surface area contributed by atoms with Crippen LogP contribution in [0.4, 0.5) is 13.2 Å². The Hall–Kier alpha value is -4.92. The molecular weight excluding hydrogens is 591 g/mol. The molecule has 6 rings (SSSR count). The van der Waals surface area contributed by atoms with Crippen LogP contribution in [0.15, 0.2) is 106 Å². The van der Waals surface area contributed by atoms with Gasteiger partial charge in [-0.3, -0.25) is 15.0 Å². The van der Waals surface area contributed by atoms with E-state index >= 15 is 0 Å². The van der Waals surface area contributed by atoms with Gasteiger partial charge in [-0.1, -0.05) is 54.6 Å². The highest BCUT2D eigenvalue weighted by Gasteiger charge is 2.32. The van der Waals surface area contributed by atoms with Crippen LogP contribution in [0.2, 0.25) is 0 Å². The van der Waals surface area contributed by atoms with Gasteiger partial charge in [0.15, 0.2) is 0 Å². The summed E-state index contributed by atoms with van der Waals surface area (Å²) in [6.45, 7) is 8.60. The zero-order chi connectivity index (χ0) is 33.1. The van der Waals surface area contributed by atoms with Crippen molar-refractivity contribution < 1.29 is 27.4 Å². The number of aliphatic imine (C=N–C) groups is 3. The number of halogens is 3. The lowest BCUT2D eigenvalue weighted by Crippen LogP contribution is -2.17. The van der Waals surface area contributed by atoms with Gasteiger partial charge in [0.1, 0.15) is 17.2 Å². The van der Waals surface area contributed by atoms with Gasteiger partial charge in [0.2, 0.25) is 0 Å². The van der Waals surface area contributed by atoms with Gasteiger partial charge in [0.25, 0.3) is 0 Å². The second-order valence-corrected chi connectivity index (χ2v) is 10.6. The molecule has 0 saturated heterocycles. The molecule has 0 fully saturated rings. The molecule has 3 aromatic carbocycles. The minimum absolute atomic E-state index is 0.218. The van der Waals surface area contributed by atoms with E-state index in [0.29, 0.717) is 24.3 Å². The van der Waals surface area contributed by atoms with Crippen LogP contribution in [0.1, 0.15) is 63.6 Å². The molecule has 3 aliphatic heterocycles. The van der Waals surface area contributed by atoms with Gasteiger partial charge in [-0.2, -0.15) is 0 Å². The van der Waals surface area contributed by atoms with Crippen LogP contribution in [0.25, 0.3) is 17.1 Å². The Morgan fingerprint density at radius 1 is 0.587 bits per heavy atom. The number of hydrogen-bond donors (Lipinski definition) is 0. The molecule has 0 spiro atoms. The Labute approximate surface area is 268 Å². The molecule has 0 unspecified atom stereocenters. The molecule has 3 aliphatic rings. The maximum Gasteiger partial charge on any atom is 0.573 e. The highest BCUT2D eigenvalue weighted by molar-refractivity contribution is 5.96. The zero-order valence-corrected chi connectivity index (χ0v) is 26.7. The van der Waals surface area contributed by atoms with Crippen LogP contribution in [-0.2, 0) is 0 Å². The Balaban J connectivity index is 0.000000157. The van der Waals surface area contributed by atoms with Crippen molar-refractivity contribution in [3.63, 3.8) is 0 Å². The molecule has 0 saturated carbocycles. The fraction of sp³-hybridized carbons (Fsp3) is 0.270. The Morgan fingerprint density at radius 2 is 0.957 bits per heavy atom. The van der Waals surface area contributed by atoms with Crippen molar-refractivity contribution in [1.82, 2.24) is 0 Å². The van der Waals surface area contributed by atoms with Crippen molar-refractivity contribution in [2.24, 2.45) is 15.0 Å². The van der Waals surface area contributed by atoms with Crippen molar-refractivity contribution in [2.45, 2.75) is 53.3 Å². The number of benzene rings is 3. The molecule has 9 heteroatoms. The van der Waals surface area contributed by atoms with E-state index in [1.807, 2.05) is 70.2 Å². The van der Waals surface area contributed by atoms with Crippen LogP contribution in [0.5, 0.6) is 17.2 Å². The lowest BCUT2D eigenvalue weighted by molar-refractivity contribution is -0.274. The quantitative estimate of drug-likeness (QED) is 0.261. The highest BCUT2D eigenvalue weighted by Crippen LogP contribution is 2.34. The third kappa shape index (κ3) is 9.54. The SMILES string of the molecule is CC1=NC(c2ccccc2OC(F)(F)F)=CC1.CCOc1ccccc1C1=CCC(C)=N1.COc1ccccc1C1=CCC(C)=N1. The van der Waals surface area contributed by atoms with Crippen LogP contribution >= 0.6 is 0 Å². The molecule has 46 heavy (non-hydrogen) atoms. The summed E-state index contributed by atoms with van der Waals surface area (Å²) < 4.78 is 51.5. The molecule has 3 heterocycles. The maximum absolute atomic E-state index is 12.2. The lowest BCUT2D eigenvalue weighted by Gasteiger charge is -2.12. The number of allylic oxidation sites excluding steroid dienone is 3. The van der Waals surface area contributed by atoms with Crippen LogP contribution < -0.4 is 14.2 Å². The van der Waals surface area contributed by atoms with Gasteiger partial charge in [0, 0.05) is 53.1 Å². The summed E-state index contributed by atoms with van der Waals surface area (Å²) in [6.07, 6.45) is 3.95. The van der Waals surface area contributed by atoms with E-state index in [1.54, 1.807) is 25.3 Å². The minimum Gasteiger partial charge on any atom is -0.496 e. The van der Waals surface area contributed by atoms with Crippen LogP contribution in [0, 0.1) is 0 Å². The number of para-hydroxylation sites is 3. The smallest absolute Gasteiger partial charge is 0.496 e. The fourth-order valence-electron chi connectivity index (χ4n) is 4.84. The highest BCUT2D eigenvalue weighted by atomic mass is 19.4. The minimum atomic E-state index is -4.69. The average molecular weight is 630 g/mol. The summed E-state index contributed by atoms with van der Waals surface area (Å²) in [7, 11) is 1.69. The van der Waals surface area contributed by atoms with E-state index in [0.717, 1.165) is 64.0 Å². The number of methoxy groups -OCH3 is 1. The van der Waals surface area contributed by atoms with Gasteiger partial charge in [0.05, 0.1) is 30.8 Å². The molecule has 0 amide bonds. The first-order valence-electron chi connectivity index (χ1n) is 15.0. The monoisotopic (exact) mass is 629 g/mol. The van der Waals surface area contributed by atoms with Gasteiger partial charge in [-0.05, 0) is 64.1 Å². The molecule has 0 atom stereocenters. The fourth-order valence-corrected chi connectivity index (χ4v) is 4.84. The molecule has 3 aromatic rings. The molecule has 0 radical (unpaired) electrons. The Kier molecular flexibility index (Phi) is 11.7. The summed E-state index contributed by atoms with van der Waals surface area (Å²) in [5.74, 6) is 1.59. The van der Waals surface area contributed by atoms with Crippen LogP contribution in [0.3, 0.4) is 0 Å². The van der Waals surface area contributed by atoms with E-state index in [9.17, 15) is 13.2 Å². The van der Waals surface area contributed by atoms with Crippen molar-refractivity contribution in [1.29, 1.82) is 0 Å². The third-order valence-corrected chi connectivity index (χ3v) is 6.94. The van der Waals surface area contributed by atoms with Crippen LogP contribution in [-0.4, -0.2) is 37.2 Å². The van der Waals surface area contributed by atoms with Crippen molar-refractivity contribution in [2.75, 3.05) is 13.7 Å². The van der Waals surface area contributed by atoms with Crippen molar-refractivity contribution in [3.05, 3.63) is 108 Å². The first-order chi connectivity index (χ1) is 22.1. The maximum atomic E-state index is 12.2. The summed E-state index contributed by atoms with van der Waals surface area (Å²) in [5, 5.41) is 0. The van der Waals surface area contributed by atoms with Gasteiger partial charge < -0.3 is 14.2 Å². The first-order valence-corrected chi connectivity index (χ1v) is 15.0. The predicted octanol–water partition coefficient (Wildman–Crippen LogP) is 9.98. The van der Waals surface area contributed by atoms with E-state index in [1.165, 1.54) is 12.1 Å². The van der Waals surface area contributed by atoms with Gasteiger partial charge in [-0.15, -0.1) is 13.2 Å². The molecule has 0 aliphatic carbocycles. The summed E-state index contributed by atoms with van der Waals surface area (Å²) in [6, 6.07) is 22.0. The largest absolute Gasteiger partial charge is 0.573 e. The van der Waals surface area contributed by atoms with E-state index < -0.39 is 6.36 Å². The third-order valence-electron chi connectivity index (χ3n) is 6.94. The Bertz CT molecular complexity index is 1720. The summed E-state index contributed by atoms with van der Waals surface area (Å²) in [5.41, 5.74) is 8.33. The predicted molar refractivity (Wildman–Crippen MR) is 181 cm³/mol. The van der Waals surface area contributed by atoms with Gasteiger partial charge >= 0.3 is 6.36 Å². The summed E-state index contributed by atoms with van der Waals surface area (Å²) in [4.78, 5) is 13.1. The number of hydrogen-bond acceptors (Lipinski definition) is 6. The van der Waals surface area contributed by atoms with Crippen molar-refractivity contribution >= 4 is 34.2 Å². The number of nitrogens with zero attached hydrogens (tertiary/aromatic N) is 3. The first kappa shape index (κ1) is 34.0. The Morgan fingerprint density at radius 3 is 1.33 bits per heavy atom. The zero-order valence-electron chi connectivity index (χ0n) is 26.7. The van der Waals surface area contributed by atoms with E-state index in [4.69, 9.17) is 9.47 Å². The molecule has 240 valence electrons. The second kappa shape index (κ2) is 15.9. The van der Waals surface area contributed by atoms with Gasteiger partial charge in [-0.25, -0.2) is 0 Å². The number of alkyl halides is 3. The average Bonchev–Trinajstić information content (AvgIpc) is 3.79. The lowest BCUT2D eigenvalue weighted by atomic mass is 10.1. The standard InChI is InChI=1S/C13H15NO.C12H10F3NO.C12H13NO/c1-3-15-13-7-5-4-6-11(13)12-9-8-10(2)14-12;1-8-6-7-10(16-8)9-4-2-3-5-11(9)17-12(13,14)15;1-9-7-8-11(13-9)10-5-3-4-6-12(10)14-2/h4-7,9H,3,8H2,1-2H3;2-5,7H,6H2,1H3;3-6,8H,7H2,1-2H3. The second-order valence-electron chi connectivity index (χ2n) is 10.6. The van der Waals surface area contributed by atoms with Crippen molar-refractivity contribution in [3.8, 4) is 17.2 Å². The molecule has 0 bridgehead atoms. The summed E-state index contributed by atoms with van der Waals surface area (Å²) >= 11 is 0. The molecular formula is C37H38F3N3O3. The number of ether oxygens (including phenoxy) is 3. The molecule has 0 N–H and O–H groups in total. The van der Waals surface area contributed by atoms with E-state index in [2.05, 4.69) is 37.9 Å². The molecule has 0 aromatic heterocycles.